The number of amidine groups is 1. The predicted molar refractivity (Wildman–Crippen MR) is 68.7 cm³/mol. The molecule has 0 saturated carbocycles. The summed E-state index contributed by atoms with van der Waals surface area (Å²) in [6, 6.07) is 3.71. The molecular weight excluding hydrogens is 238 g/mol. The lowest BCUT2D eigenvalue weighted by molar-refractivity contribution is 0.0935. The third-order valence-electron chi connectivity index (χ3n) is 2.41. The third-order valence-corrected chi connectivity index (χ3v) is 3.64. The molecule has 1 heterocycles. The Bertz CT molecular complexity index is 438. The number of rotatable bonds is 4. The minimum Gasteiger partial charge on any atom is -0.409 e. The summed E-state index contributed by atoms with van der Waals surface area (Å²) in [5.41, 5.74) is 4.62. The molecule has 4 N–H and O–H groups in total. The van der Waals surface area contributed by atoms with Crippen LogP contribution in [-0.4, -0.2) is 22.5 Å². The van der Waals surface area contributed by atoms with E-state index >= 15 is 0 Å². The predicted octanol–water partition coefficient (Wildman–Crippen LogP) is 1.57. The number of thiophene rings is 1. The van der Waals surface area contributed by atoms with Crippen LogP contribution in [0.3, 0.4) is 0 Å². The molecule has 94 valence electrons. The van der Waals surface area contributed by atoms with Crippen molar-refractivity contribution in [1.82, 2.24) is 5.32 Å². The highest BCUT2D eigenvalue weighted by Gasteiger charge is 2.26. The molecule has 0 saturated heterocycles. The maximum Gasteiger partial charge on any atom is 0.262 e. The molecule has 0 bridgehead atoms. The highest BCUT2D eigenvalue weighted by molar-refractivity contribution is 7.14. The van der Waals surface area contributed by atoms with Crippen molar-refractivity contribution in [3.63, 3.8) is 0 Å². The zero-order valence-corrected chi connectivity index (χ0v) is 11.0. The molecular formula is C11H17N3O2S. The summed E-state index contributed by atoms with van der Waals surface area (Å²) in [6.45, 7) is 5.39. The summed E-state index contributed by atoms with van der Waals surface area (Å²) < 4.78 is 0. The van der Waals surface area contributed by atoms with Crippen molar-refractivity contribution >= 4 is 23.1 Å². The lowest BCUT2D eigenvalue weighted by atomic mass is 10.0. The average Bonchev–Trinajstić information content (AvgIpc) is 2.75. The van der Waals surface area contributed by atoms with Gasteiger partial charge in [0.05, 0.1) is 10.4 Å². The maximum atomic E-state index is 11.9. The van der Waals surface area contributed by atoms with Crippen molar-refractivity contribution in [2.24, 2.45) is 10.9 Å². The van der Waals surface area contributed by atoms with Gasteiger partial charge in [-0.05, 0) is 32.4 Å². The molecule has 1 rings (SSSR count). The van der Waals surface area contributed by atoms with E-state index < -0.39 is 5.54 Å². The molecule has 0 unspecified atom stereocenters. The normalized spacial score (nSPS) is 12.5. The zero-order chi connectivity index (χ0) is 13.1. The molecule has 1 amide bonds. The van der Waals surface area contributed by atoms with Crippen LogP contribution in [-0.2, 0) is 6.42 Å². The van der Waals surface area contributed by atoms with Crippen LogP contribution in [0, 0.1) is 0 Å². The smallest absolute Gasteiger partial charge is 0.262 e. The van der Waals surface area contributed by atoms with E-state index in [0.717, 1.165) is 11.3 Å². The van der Waals surface area contributed by atoms with E-state index in [1.165, 1.54) is 11.3 Å². The monoisotopic (exact) mass is 255 g/mol. The number of amides is 1. The van der Waals surface area contributed by atoms with Crippen LogP contribution in [0.1, 0.15) is 35.3 Å². The summed E-state index contributed by atoms with van der Waals surface area (Å²) in [5.74, 6) is -0.246. The second-order valence-corrected chi connectivity index (χ2v) is 5.35. The van der Waals surface area contributed by atoms with E-state index in [1.807, 2.05) is 13.0 Å². The lowest BCUT2D eigenvalue weighted by Crippen LogP contribution is -2.53. The van der Waals surface area contributed by atoms with E-state index in [1.54, 1.807) is 19.9 Å². The summed E-state index contributed by atoms with van der Waals surface area (Å²) in [5, 5.41) is 14.2. The van der Waals surface area contributed by atoms with E-state index in [9.17, 15) is 4.79 Å². The Morgan fingerprint density at radius 2 is 2.24 bits per heavy atom. The maximum absolute atomic E-state index is 11.9. The molecule has 1 aromatic heterocycles. The van der Waals surface area contributed by atoms with Crippen LogP contribution in [0.4, 0.5) is 0 Å². The first-order valence-electron chi connectivity index (χ1n) is 5.30. The summed E-state index contributed by atoms with van der Waals surface area (Å²) in [4.78, 5) is 13.7. The topological polar surface area (TPSA) is 87.7 Å². The van der Waals surface area contributed by atoms with E-state index in [2.05, 4.69) is 10.5 Å². The van der Waals surface area contributed by atoms with Gasteiger partial charge in [-0.15, -0.1) is 11.3 Å². The van der Waals surface area contributed by atoms with Crippen LogP contribution < -0.4 is 11.1 Å². The van der Waals surface area contributed by atoms with Crippen LogP contribution >= 0.6 is 11.3 Å². The SMILES string of the molecule is CCc1ccc(C(=O)NC(C)(C)C(N)=NO)s1. The van der Waals surface area contributed by atoms with Crippen LogP contribution in [0.15, 0.2) is 17.3 Å². The molecule has 1 aromatic rings. The Hall–Kier alpha value is -1.56. The average molecular weight is 255 g/mol. The van der Waals surface area contributed by atoms with Crippen LogP contribution in [0.25, 0.3) is 0 Å². The molecule has 0 aromatic carbocycles. The van der Waals surface area contributed by atoms with Gasteiger partial charge in [-0.1, -0.05) is 12.1 Å². The van der Waals surface area contributed by atoms with Gasteiger partial charge in [0, 0.05) is 4.88 Å². The van der Waals surface area contributed by atoms with Crippen molar-refractivity contribution in [2.75, 3.05) is 0 Å². The second-order valence-electron chi connectivity index (χ2n) is 4.18. The minimum absolute atomic E-state index is 0.0295. The fraction of sp³-hybridized carbons (Fsp3) is 0.455. The van der Waals surface area contributed by atoms with Gasteiger partial charge in [0.2, 0.25) is 0 Å². The van der Waals surface area contributed by atoms with E-state index in [-0.39, 0.29) is 11.7 Å². The lowest BCUT2D eigenvalue weighted by Gasteiger charge is -2.24. The fourth-order valence-electron chi connectivity index (χ4n) is 1.22. The van der Waals surface area contributed by atoms with Crippen molar-refractivity contribution in [2.45, 2.75) is 32.7 Å². The summed E-state index contributed by atoms with van der Waals surface area (Å²) >= 11 is 1.45. The first-order chi connectivity index (χ1) is 7.90. The Kier molecular flexibility index (Phi) is 4.11. The van der Waals surface area contributed by atoms with Gasteiger partial charge in [0.25, 0.3) is 5.91 Å². The molecule has 17 heavy (non-hydrogen) atoms. The molecule has 6 heteroatoms. The highest BCUT2D eigenvalue weighted by atomic mass is 32.1. The Morgan fingerprint density at radius 3 is 2.71 bits per heavy atom. The highest BCUT2D eigenvalue weighted by Crippen LogP contribution is 2.17. The first-order valence-corrected chi connectivity index (χ1v) is 6.11. The van der Waals surface area contributed by atoms with Crippen molar-refractivity contribution in [3.05, 3.63) is 21.9 Å². The zero-order valence-electron chi connectivity index (χ0n) is 10.2. The number of aryl methyl sites for hydroxylation is 1. The van der Waals surface area contributed by atoms with Crippen LogP contribution in [0.2, 0.25) is 0 Å². The van der Waals surface area contributed by atoms with E-state index in [0.29, 0.717) is 4.88 Å². The molecule has 0 radical (unpaired) electrons. The minimum atomic E-state index is -0.873. The van der Waals surface area contributed by atoms with Gasteiger partial charge in [-0.25, -0.2) is 0 Å². The molecule has 5 nitrogen and oxygen atoms in total. The molecule has 0 aliphatic carbocycles. The van der Waals surface area contributed by atoms with Gasteiger partial charge in [-0.2, -0.15) is 0 Å². The number of nitrogens with two attached hydrogens (primary N) is 1. The summed E-state index contributed by atoms with van der Waals surface area (Å²) in [7, 11) is 0. The van der Waals surface area contributed by atoms with Gasteiger partial charge >= 0.3 is 0 Å². The molecule has 0 aliphatic rings. The third kappa shape index (κ3) is 3.20. The molecule has 0 fully saturated rings. The number of carbonyl (C=O) groups is 1. The molecule has 0 spiro atoms. The molecule has 0 atom stereocenters. The number of oxime groups is 1. The van der Waals surface area contributed by atoms with Crippen molar-refractivity contribution < 1.29 is 10.0 Å². The fourth-order valence-corrected chi connectivity index (χ4v) is 2.07. The number of nitrogens with one attached hydrogen (secondary N) is 1. The Morgan fingerprint density at radius 1 is 1.59 bits per heavy atom. The van der Waals surface area contributed by atoms with Crippen LogP contribution in [0.5, 0.6) is 0 Å². The van der Waals surface area contributed by atoms with Gasteiger partial charge in [0.1, 0.15) is 0 Å². The Balaban J connectivity index is 2.79. The summed E-state index contributed by atoms with van der Waals surface area (Å²) in [6.07, 6.45) is 0.904. The number of nitrogens with zero attached hydrogens (tertiary/aromatic N) is 1. The van der Waals surface area contributed by atoms with Gasteiger partial charge in [0.15, 0.2) is 5.84 Å². The van der Waals surface area contributed by atoms with Gasteiger partial charge < -0.3 is 16.3 Å². The van der Waals surface area contributed by atoms with E-state index in [4.69, 9.17) is 10.9 Å². The first kappa shape index (κ1) is 13.5. The van der Waals surface area contributed by atoms with Gasteiger partial charge in [-0.3, -0.25) is 4.79 Å². The van der Waals surface area contributed by atoms with Crippen molar-refractivity contribution in [3.8, 4) is 0 Å². The quantitative estimate of drug-likeness (QED) is 0.330. The largest absolute Gasteiger partial charge is 0.409 e. The van der Waals surface area contributed by atoms with Crippen molar-refractivity contribution in [1.29, 1.82) is 0 Å². The Labute approximate surface area is 104 Å². The second kappa shape index (κ2) is 5.18. The number of carbonyl (C=O) groups excluding carboxylic acids is 1. The standard InChI is InChI=1S/C11H17N3O2S/c1-4-7-5-6-8(17-7)9(15)13-11(2,3)10(12)14-16/h5-6,16H,4H2,1-3H3,(H2,12,14)(H,13,15). The molecule has 0 aliphatic heterocycles. The number of hydrogen-bond donors (Lipinski definition) is 3. The number of hydrogen-bond acceptors (Lipinski definition) is 4.